The van der Waals surface area contributed by atoms with Gasteiger partial charge in [0.2, 0.25) is 11.9 Å². The van der Waals surface area contributed by atoms with Crippen LogP contribution in [0.4, 0.5) is 5.95 Å². The fourth-order valence-electron chi connectivity index (χ4n) is 1.69. The van der Waals surface area contributed by atoms with E-state index in [4.69, 9.17) is 0 Å². The number of carbonyl (C=O) groups excluding carboxylic acids is 1. The smallest absolute Gasteiger partial charge is 0.252 e. The molecule has 20 heavy (non-hydrogen) atoms. The summed E-state index contributed by atoms with van der Waals surface area (Å²) >= 11 is 0. The molecule has 3 N–H and O–H groups in total. The van der Waals surface area contributed by atoms with Crippen molar-refractivity contribution in [1.29, 1.82) is 0 Å². The first-order valence-electron chi connectivity index (χ1n) is 6.26. The topological polar surface area (TPSA) is 86.9 Å². The van der Waals surface area contributed by atoms with Crippen LogP contribution in [-0.4, -0.2) is 22.4 Å². The number of anilines is 1. The minimum Gasteiger partial charge on any atom is -0.350 e. The Bertz CT molecular complexity index is 637. The number of carbonyl (C=O) groups is 1. The van der Waals surface area contributed by atoms with Gasteiger partial charge in [0.1, 0.15) is 0 Å². The van der Waals surface area contributed by atoms with Gasteiger partial charge in [-0.3, -0.25) is 14.6 Å². The Labute approximate surface area is 116 Å². The number of aromatic amines is 1. The first-order chi connectivity index (χ1) is 9.63. The van der Waals surface area contributed by atoms with E-state index in [2.05, 4.69) is 20.6 Å². The van der Waals surface area contributed by atoms with Gasteiger partial charge in [0, 0.05) is 18.3 Å². The third kappa shape index (κ3) is 4.24. The van der Waals surface area contributed by atoms with Crippen molar-refractivity contribution in [1.82, 2.24) is 15.3 Å². The number of hydrogen-bond acceptors (Lipinski definition) is 4. The molecule has 0 aliphatic heterocycles. The van der Waals surface area contributed by atoms with Crippen LogP contribution in [0.2, 0.25) is 0 Å². The van der Waals surface area contributed by atoms with E-state index in [1.54, 1.807) is 6.92 Å². The Morgan fingerprint density at radius 2 is 2.05 bits per heavy atom. The molecule has 0 aliphatic rings. The lowest BCUT2D eigenvalue weighted by Gasteiger charge is -2.07. The van der Waals surface area contributed by atoms with E-state index in [0.717, 1.165) is 5.56 Å². The number of aromatic nitrogens is 2. The number of amides is 1. The lowest BCUT2D eigenvalue weighted by molar-refractivity contribution is -0.119. The summed E-state index contributed by atoms with van der Waals surface area (Å²) in [6.45, 7) is 2.24. The Morgan fingerprint density at radius 3 is 2.75 bits per heavy atom. The molecule has 2 aromatic rings. The Morgan fingerprint density at radius 1 is 1.30 bits per heavy atom. The number of nitrogens with one attached hydrogen (secondary N) is 3. The number of rotatable bonds is 5. The van der Waals surface area contributed by atoms with E-state index in [0.29, 0.717) is 18.2 Å². The molecule has 0 spiro atoms. The summed E-state index contributed by atoms with van der Waals surface area (Å²) in [5, 5.41) is 5.56. The molecule has 0 aliphatic carbocycles. The average Bonchev–Trinajstić information content (AvgIpc) is 2.43. The van der Waals surface area contributed by atoms with Crippen LogP contribution in [-0.2, 0) is 11.3 Å². The fraction of sp³-hybridized carbons (Fsp3) is 0.214. The van der Waals surface area contributed by atoms with Crippen molar-refractivity contribution in [3.63, 3.8) is 0 Å². The van der Waals surface area contributed by atoms with Crippen molar-refractivity contribution in [3.8, 4) is 0 Å². The fourth-order valence-corrected chi connectivity index (χ4v) is 1.69. The molecular weight excluding hydrogens is 256 g/mol. The number of aryl methyl sites for hydroxylation is 1. The molecule has 0 radical (unpaired) electrons. The molecule has 1 amide bonds. The zero-order valence-corrected chi connectivity index (χ0v) is 11.1. The molecule has 0 saturated carbocycles. The molecular formula is C14H16N4O2. The monoisotopic (exact) mass is 272 g/mol. The molecule has 2 rings (SSSR count). The van der Waals surface area contributed by atoms with Gasteiger partial charge in [0.25, 0.3) is 5.56 Å². The van der Waals surface area contributed by atoms with Crippen LogP contribution >= 0.6 is 0 Å². The van der Waals surface area contributed by atoms with Crippen LogP contribution in [0.25, 0.3) is 0 Å². The highest BCUT2D eigenvalue weighted by Crippen LogP contribution is 1.97. The van der Waals surface area contributed by atoms with Crippen LogP contribution in [0, 0.1) is 6.92 Å². The van der Waals surface area contributed by atoms with Crippen molar-refractivity contribution in [2.75, 3.05) is 11.9 Å². The molecule has 0 fully saturated rings. The second-order valence-electron chi connectivity index (χ2n) is 4.35. The van der Waals surface area contributed by atoms with E-state index in [1.165, 1.54) is 6.07 Å². The maximum Gasteiger partial charge on any atom is 0.252 e. The van der Waals surface area contributed by atoms with Gasteiger partial charge in [-0.1, -0.05) is 30.3 Å². The third-order valence-corrected chi connectivity index (χ3v) is 2.62. The first kappa shape index (κ1) is 13.8. The van der Waals surface area contributed by atoms with Crippen LogP contribution in [0.15, 0.2) is 41.2 Å². The highest BCUT2D eigenvalue weighted by molar-refractivity contribution is 5.80. The second kappa shape index (κ2) is 6.51. The molecule has 6 heteroatoms. The van der Waals surface area contributed by atoms with Crippen LogP contribution in [0.3, 0.4) is 0 Å². The molecule has 0 bridgehead atoms. The largest absolute Gasteiger partial charge is 0.350 e. The molecule has 104 valence electrons. The van der Waals surface area contributed by atoms with E-state index in [9.17, 15) is 9.59 Å². The minimum atomic E-state index is -0.246. The summed E-state index contributed by atoms with van der Waals surface area (Å²) in [6.07, 6.45) is 0. The summed E-state index contributed by atoms with van der Waals surface area (Å²) in [5.41, 5.74) is 1.38. The quantitative estimate of drug-likeness (QED) is 0.751. The van der Waals surface area contributed by atoms with E-state index in [1.807, 2.05) is 30.3 Å². The van der Waals surface area contributed by atoms with E-state index < -0.39 is 0 Å². The van der Waals surface area contributed by atoms with Gasteiger partial charge in [-0.15, -0.1) is 0 Å². The summed E-state index contributed by atoms with van der Waals surface area (Å²) < 4.78 is 0. The lowest BCUT2D eigenvalue weighted by atomic mass is 10.2. The number of H-pyrrole nitrogens is 1. The van der Waals surface area contributed by atoms with Gasteiger partial charge >= 0.3 is 0 Å². The number of nitrogens with zero attached hydrogens (tertiary/aromatic N) is 1. The summed E-state index contributed by atoms with van der Waals surface area (Å²) in [5.74, 6) is 0.128. The van der Waals surface area contributed by atoms with Crippen molar-refractivity contribution < 1.29 is 4.79 Å². The Balaban J connectivity index is 1.82. The number of hydrogen-bond donors (Lipinski definition) is 3. The van der Waals surface area contributed by atoms with Gasteiger partial charge in [-0.05, 0) is 12.5 Å². The van der Waals surface area contributed by atoms with Gasteiger partial charge in [-0.2, -0.15) is 0 Å². The van der Waals surface area contributed by atoms with Gasteiger partial charge < -0.3 is 10.6 Å². The average molecular weight is 272 g/mol. The number of benzene rings is 1. The van der Waals surface area contributed by atoms with E-state index >= 15 is 0 Å². The van der Waals surface area contributed by atoms with Crippen LogP contribution in [0.5, 0.6) is 0 Å². The summed E-state index contributed by atoms with van der Waals surface area (Å²) in [4.78, 5) is 29.5. The third-order valence-electron chi connectivity index (χ3n) is 2.62. The standard InChI is InChI=1S/C14H16N4O2/c1-10-7-12(19)18-14(17-10)16-9-13(20)15-8-11-5-3-2-4-6-11/h2-7H,8-9H2,1H3,(H,15,20)(H2,16,17,18,19). The first-order valence-corrected chi connectivity index (χ1v) is 6.26. The zero-order valence-electron chi connectivity index (χ0n) is 11.1. The van der Waals surface area contributed by atoms with Crippen molar-refractivity contribution in [3.05, 3.63) is 58.0 Å². The van der Waals surface area contributed by atoms with Gasteiger partial charge in [-0.25, -0.2) is 4.98 Å². The maximum atomic E-state index is 11.7. The molecule has 1 aromatic carbocycles. The van der Waals surface area contributed by atoms with Crippen LogP contribution < -0.4 is 16.2 Å². The van der Waals surface area contributed by atoms with Crippen LogP contribution in [0.1, 0.15) is 11.3 Å². The van der Waals surface area contributed by atoms with Gasteiger partial charge in [0.05, 0.1) is 6.54 Å². The maximum absolute atomic E-state index is 11.7. The van der Waals surface area contributed by atoms with Crippen molar-refractivity contribution in [2.24, 2.45) is 0 Å². The Kier molecular flexibility index (Phi) is 4.49. The predicted octanol–water partition coefficient (Wildman–Crippen LogP) is 0.807. The van der Waals surface area contributed by atoms with Crippen molar-refractivity contribution in [2.45, 2.75) is 13.5 Å². The van der Waals surface area contributed by atoms with Crippen molar-refractivity contribution >= 4 is 11.9 Å². The normalized spacial score (nSPS) is 10.1. The Hall–Kier alpha value is -2.63. The predicted molar refractivity (Wildman–Crippen MR) is 76.4 cm³/mol. The molecule has 1 heterocycles. The summed E-state index contributed by atoms with van der Waals surface area (Å²) in [6, 6.07) is 11.0. The molecule has 0 saturated heterocycles. The second-order valence-corrected chi connectivity index (χ2v) is 4.35. The highest BCUT2D eigenvalue weighted by Gasteiger charge is 2.03. The molecule has 6 nitrogen and oxygen atoms in total. The van der Waals surface area contributed by atoms with Gasteiger partial charge in [0.15, 0.2) is 0 Å². The summed E-state index contributed by atoms with van der Waals surface area (Å²) in [7, 11) is 0. The highest BCUT2D eigenvalue weighted by atomic mass is 16.2. The lowest BCUT2D eigenvalue weighted by Crippen LogP contribution is -2.30. The zero-order chi connectivity index (χ0) is 14.4. The minimum absolute atomic E-state index is 0.0548. The SMILES string of the molecule is Cc1cc(=O)[nH]c(NCC(=O)NCc2ccccc2)n1. The van der Waals surface area contributed by atoms with E-state index in [-0.39, 0.29) is 18.0 Å². The molecule has 1 aromatic heterocycles. The molecule has 0 unspecified atom stereocenters. The molecule has 0 atom stereocenters.